The van der Waals surface area contributed by atoms with Crippen LogP contribution in [0.4, 0.5) is 0 Å². The van der Waals surface area contributed by atoms with E-state index in [-0.39, 0.29) is 6.42 Å². The van der Waals surface area contributed by atoms with E-state index in [0.29, 0.717) is 28.8 Å². The summed E-state index contributed by atoms with van der Waals surface area (Å²) in [5.74, 6) is -0.356. The molecule has 1 rings (SSSR count). The summed E-state index contributed by atoms with van der Waals surface area (Å²) in [4.78, 5) is 10.2. The number of aliphatic carboxylic acids is 1. The lowest BCUT2D eigenvalue weighted by molar-refractivity contribution is -0.137. The first kappa shape index (κ1) is 12.1. The number of carbonyl (C=O) groups is 1. The molecule has 1 aromatic carbocycles. The number of rotatable bonds is 5. The summed E-state index contributed by atoms with van der Waals surface area (Å²) in [7, 11) is 0. The van der Waals surface area contributed by atoms with Crippen LogP contribution < -0.4 is 4.74 Å². The molecule has 0 atom stereocenters. The predicted octanol–water partition coefficient (Wildman–Crippen LogP) is 3.24. The summed E-state index contributed by atoms with van der Waals surface area (Å²) in [6, 6.07) is 4.90. The average molecular weight is 249 g/mol. The van der Waals surface area contributed by atoms with Crippen LogP contribution in [0.15, 0.2) is 18.2 Å². The van der Waals surface area contributed by atoms with Crippen molar-refractivity contribution in [1.82, 2.24) is 0 Å². The Morgan fingerprint density at radius 3 is 2.80 bits per heavy atom. The van der Waals surface area contributed by atoms with Crippen LogP contribution in [0.1, 0.15) is 12.8 Å². The van der Waals surface area contributed by atoms with Crippen molar-refractivity contribution in [2.24, 2.45) is 0 Å². The van der Waals surface area contributed by atoms with Gasteiger partial charge < -0.3 is 9.84 Å². The Bertz CT molecular complexity index is 353. The lowest BCUT2D eigenvalue weighted by Gasteiger charge is -2.07. The van der Waals surface area contributed by atoms with Crippen LogP contribution in [0.2, 0.25) is 10.0 Å². The van der Waals surface area contributed by atoms with Gasteiger partial charge in [-0.05, 0) is 18.6 Å². The van der Waals surface area contributed by atoms with Gasteiger partial charge in [-0.1, -0.05) is 23.2 Å². The van der Waals surface area contributed by atoms with Gasteiger partial charge in [0.15, 0.2) is 0 Å². The maximum atomic E-state index is 10.2. The van der Waals surface area contributed by atoms with Crippen molar-refractivity contribution < 1.29 is 14.6 Å². The minimum absolute atomic E-state index is 0.0815. The van der Waals surface area contributed by atoms with E-state index < -0.39 is 5.97 Å². The van der Waals surface area contributed by atoms with Gasteiger partial charge in [0, 0.05) is 17.5 Å². The second-order valence-electron chi connectivity index (χ2n) is 2.92. The minimum Gasteiger partial charge on any atom is -0.492 e. The van der Waals surface area contributed by atoms with Gasteiger partial charge >= 0.3 is 5.97 Å². The fraction of sp³-hybridized carbons (Fsp3) is 0.300. The fourth-order valence-corrected chi connectivity index (χ4v) is 1.33. The molecule has 82 valence electrons. The quantitative estimate of drug-likeness (QED) is 0.815. The Kier molecular flexibility index (Phi) is 4.72. The molecule has 0 radical (unpaired) electrons. The summed E-state index contributed by atoms with van der Waals surface area (Å²) in [6.07, 6.45) is 0.524. The molecule has 0 fully saturated rings. The van der Waals surface area contributed by atoms with E-state index in [0.717, 1.165) is 0 Å². The Labute approximate surface area is 97.6 Å². The normalized spacial score (nSPS) is 10.0. The van der Waals surface area contributed by atoms with Gasteiger partial charge in [-0.15, -0.1) is 0 Å². The topological polar surface area (TPSA) is 46.5 Å². The standard InChI is InChI=1S/C10H10Cl2O3/c11-7-3-4-8(12)9(6-7)15-5-1-2-10(13)14/h3-4,6H,1-2,5H2,(H,13,14). The van der Waals surface area contributed by atoms with Crippen molar-refractivity contribution >= 4 is 29.2 Å². The van der Waals surface area contributed by atoms with E-state index in [2.05, 4.69) is 0 Å². The molecule has 1 N–H and O–H groups in total. The van der Waals surface area contributed by atoms with Gasteiger partial charge in [-0.3, -0.25) is 4.79 Å². The largest absolute Gasteiger partial charge is 0.492 e. The molecule has 0 spiro atoms. The average Bonchev–Trinajstić information content (AvgIpc) is 2.17. The highest BCUT2D eigenvalue weighted by Gasteiger charge is 2.03. The van der Waals surface area contributed by atoms with Crippen molar-refractivity contribution in [3.05, 3.63) is 28.2 Å². The second kappa shape index (κ2) is 5.83. The highest BCUT2D eigenvalue weighted by atomic mass is 35.5. The molecule has 3 nitrogen and oxygen atoms in total. The summed E-state index contributed by atoms with van der Waals surface area (Å²) < 4.78 is 5.29. The van der Waals surface area contributed by atoms with Gasteiger partial charge in [-0.25, -0.2) is 0 Å². The van der Waals surface area contributed by atoms with Crippen molar-refractivity contribution in [3.63, 3.8) is 0 Å². The van der Waals surface area contributed by atoms with Crippen molar-refractivity contribution in [3.8, 4) is 5.75 Å². The van der Waals surface area contributed by atoms with Crippen LogP contribution in [-0.2, 0) is 4.79 Å². The Morgan fingerprint density at radius 2 is 2.13 bits per heavy atom. The van der Waals surface area contributed by atoms with Gasteiger partial charge in [0.2, 0.25) is 0 Å². The molecule has 0 aliphatic rings. The van der Waals surface area contributed by atoms with Crippen LogP contribution in [0.25, 0.3) is 0 Å². The van der Waals surface area contributed by atoms with Gasteiger partial charge in [-0.2, -0.15) is 0 Å². The third kappa shape index (κ3) is 4.40. The minimum atomic E-state index is -0.837. The predicted molar refractivity (Wildman–Crippen MR) is 58.8 cm³/mol. The zero-order valence-corrected chi connectivity index (χ0v) is 9.38. The van der Waals surface area contributed by atoms with Crippen molar-refractivity contribution in [2.45, 2.75) is 12.8 Å². The molecule has 0 heterocycles. The molecule has 0 unspecified atom stereocenters. The molecule has 0 aliphatic heterocycles. The molecule has 0 saturated heterocycles. The molecule has 0 saturated carbocycles. The van der Waals surface area contributed by atoms with Crippen LogP contribution in [0.3, 0.4) is 0 Å². The van der Waals surface area contributed by atoms with Gasteiger partial charge in [0.05, 0.1) is 11.6 Å². The van der Waals surface area contributed by atoms with Crippen LogP contribution in [0.5, 0.6) is 5.75 Å². The Morgan fingerprint density at radius 1 is 1.40 bits per heavy atom. The highest BCUT2D eigenvalue weighted by Crippen LogP contribution is 2.27. The third-order valence-electron chi connectivity index (χ3n) is 1.69. The number of halogens is 2. The van der Waals surface area contributed by atoms with E-state index in [1.54, 1.807) is 18.2 Å². The van der Waals surface area contributed by atoms with Crippen molar-refractivity contribution in [2.75, 3.05) is 6.61 Å². The SMILES string of the molecule is O=C(O)CCCOc1cc(Cl)ccc1Cl. The Balaban J connectivity index is 2.43. The summed E-state index contributed by atoms with van der Waals surface area (Å²) in [6.45, 7) is 0.312. The molecule has 5 heteroatoms. The maximum absolute atomic E-state index is 10.2. The van der Waals surface area contributed by atoms with E-state index in [1.807, 2.05) is 0 Å². The number of hydrogen-bond acceptors (Lipinski definition) is 2. The number of benzene rings is 1. The molecule has 15 heavy (non-hydrogen) atoms. The molecule has 0 bridgehead atoms. The third-order valence-corrected chi connectivity index (χ3v) is 2.23. The number of hydrogen-bond donors (Lipinski definition) is 1. The van der Waals surface area contributed by atoms with E-state index in [9.17, 15) is 4.79 Å². The second-order valence-corrected chi connectivity index (χ2v) is 3.76. The number of carboxylic acids is 1. The summed E-state index contributed by atoms with van der Waals surface area (Å²) in [5.41, 5.74) is 0. The molecular formula is C10H10Cl2O3. The van der Waals surface area contributed by atoms with Crippen molar-refractivity contribution in [1.29, 1.82) is 0 Å². The van der Waals surface area contributed by atoms with Crippen LogP contribution >= 0.6 is 23.2 Å². The molecular weight excluding hydrogens is 239 g/mol. The fourth-order valence-electron chi connectivity index (χ4n) is 0.993. The highest BCUT2D eigenvalue weighted by molar-refractivity contribution is 6.34. The Hall–Kier alpha value is -0.930. The van der Waals surface area contributed by atoms with Gasteiger partial charge in [0.25, 0.3) is 0 Å². The zero-order valence-electron chi connectivity index (χ0n) is 7.87. The van der Waals surface area contributed by atoms with Crippen LogP contribution in [-0.4, -0.2) is 17.7 Å². The van der Waals surface area contributed by atoms with E-state index in [4.69, 9.17) is 33.0 Å². The lowest BCUT2D eigenvalue weighted by Crippen LogP contribution is -2.02. The maximum Gasteiger partial charge on any atom is 0.303 e. The lowest BCUT2D eigenvalue weighted by atomic mass is 10.3. The summed E-state index contributed by atoms with van der Waals surface area (Å²) >= 11 is 11.6. The van der Waals surface area contributed by atoms with E-state index in [1.165, 1.54) is 0 Å². The smallest absolute Gasteiger partial charge is 0.303 e. The zero-order chi connectivity index (χ0) is 11.3. The van der Waals surface area contributed by atoms with E-state index >= 15 is 0 Å². The summed E-state index contributed by atoms with van der Waals surface area (Å²) in [5, 5.41) is 9.41. The van der Waals surface area contributed by atoms with Gasteiger partial charge in [0.1, 0.15) is 5.75 Å². The first-order valence-corrected chi connectivity index (χ1v) is 5.15. The first-order chi connectivity index (χ1) is 7.09. The first-order valence-electron chi connectivity index (χ1n) is 4.39. The number of carboxylic acid groups (broad SMARTS) is 1. The molecule has 0 aliphatic carbocycles. The molecule has 0 amide bonds. The van der Waals surface area contributed by atoms with Crippen LogP contribution in [0, 0.1) is 0 Å². The molecule has 0 aromatic heterocycles. The molecule has 1 aromatic rings. The monoisotopic (exact) mass is 248 g/mol. The number of ether oxygens (including phenoxy) is 1.